The minimum absolute atomic E-state index is 0.0177. The van der Waals surface area contributed by atoms with E-state index in [4.69, 9.17) is 4.74 Å². The number of ether oxygens (including phenoxy) is 1. The number of benzene rings is 1. The number of pyridine rings is 1. The number of rotatable bonds is 3. The Morgan fingerprint density at radius 3 is 2.76 bits per heavy atom. The number of anilines is 1. The Hall–Kier alpha value is -2.20. The molecule has 21 heavy (non-hydrogen) atoms. The lowest BCUT2D eigenvalue weighted by molar-refractivity contribution is -0.121. The molecule has 1 aliphatic heterocycles. The van der Waals surface area contributed by atoms with Gasteiger partial charge in [0.2, 0.25) is 5.91 Å². The van der Waals surface area contributed by atoms with E-state index in [2.05, 4.69) is 10.3 Å². The predicted octanol–water partition coefficient (Wildman–Crippen LogP) is 3.11. The second kappa shape index (κ2) is 6.06. The molecule has 2 heterocycles. The summed E-state index contributed by atoms with van der Waals surface area (Å²) in [6.07, 6.45) is 2.42. The number of nitrogens with one attached hydrogen (secondary N) is 1. The zero-order valence-electron chi connectivity index (χ0n) is 12.0. The maximum absolute atomic E-state index is 12.4. The molecule has 0 bridgehead atoms. The molecule has 1 saturated heterocycles. The van der Waals surface area contributed by atoms with Gasteiger partial charge >= 0.3 is 0 Å². The van der Waals surface area contributed by atoms with Gasteiger partial charge in [-0.25, -0.2) is 4.98 Å². The Kier molecular flexibility index (Phi) is 3.97. The lowest BCUT2D eigenvalue weighted by Gasteiger charge is -2.15. The van der Waals surface area contributed by atoms with Gasteiger partial charge in [0.15, 0.2) is 0 Å². The molecule has 0 spiro atoms. The molecule has 1 amide bonds. The summed E-state index contributed by atoms with van der Waals surface area (Å²) in [7, 11) is 0. The van der Waals surface area contributed by atoms with Crippen LogP contribution in [0.2, 0.25) is 0 Å². The molecule has 4 nitrogen and oxygen atoms in total. The Labute approximate surface area is 124 Å². The Balaban J connectivity index is 1.85. The summed E-state index contributed by atoms with van der Waals surface area (Å²) in [6.45, 7) is 2.58. The normalized spacial score (nSPS) is 21.2. The van der Waals surface area contributed by atoms with Crippen molar-refractivity contribution in [2.75, 3.05) is 11.9 Å². The fourth-order valence-corrected chi connectivity index (χ4v) is 2.64. The van der Waals surface area contributed by atoms with Crippen molar-refractivity contribution in [1.82, 2.24) is 4.98 Å². The molecule has 0 aliphatic carbocycles. The standard InChI is InChI=1S/C17H18N2O2/c1-12-14(9-11-21-12)17(20)19-16-15(8-5-10-18-16)13-6-3-2-4-7-13/h2-8,10,12,14H,9,11H2,1H3,(H,18,19,20). The van der Waals surface area contributed by atoms with Crippen LogP contribution in [-0.2, 0) is 9.53 Å². The van der Waals surface area contributed by atoms with Crippen molar-refractivity contribution in [3.05, 3.63) is 48.7 Å². The number of amides is 1. The van der Waals surface area contributed by atoms with Crippen LogP contribution in [0.15, 0.2) is 48.7 Å². The van der Waals surface area contributed by atoms with Crippen LogP contribution in [-0.4, -0.2) is 23.6 Å². The molecule has 1 N–H and O–H groups in total. The molecule has 1 fully saturated rings. The quantitative estimate of drug-likeness (QED) is 0.941. The molecule has 1 aliphatic rings. The topological polar surface area (TPSA) is 51.2 Å². The molecule has 3 rings (SSSR count). The highest BCUT2D eigenvalue weighted by Gasteiger charge is 2.31. The lowest BCUT2D eigenvalue weighted by Crippen LogP contribution is -2.28. The van der Waals surface area contributed by atoms with Gasteiger partial charge < -0.3 is 10.1 Å². The highest BCUT2D eigenvalue weighted by molar-refractivity contribution is 5.95. The monoisotopic (exact) mass is 282 g/mol. The van der Waals surface area contributed by atoms with Crippen LogP contribution in [0.1, 0.15) is 13.3 Å². The van der Waals surface area contributed by atoms with Gasteiger partial charge in [0.05, 0.1) is 12.0 Å². The molecule has 1 aromatic heterocycles. The van der Waals surface area contributed by atoms with Crippen LogP contribution in [0.25, 0.3) is 11.1 Å². The number of carbonyl (C=O) groups excluding carboxylic acids is 1. The molecule has 108 valence electrons. The van der Waals surface area contributed by atoms with Crippen molar-refractivity contribution < 1.29 is 9.53 Å². The van der Waals surface area contributed by atoms with Crippen molar-refractivity contribution in [3.63, 3.8) is 0 Å². The number of aromatic nitrogens is 1. The summed E-state index contributed by atoms with van der Waals surface area (Å²) < 4.78 is 5.46. The summed E-state index contributed by atoms with van der Waals surface area (Å²) in [6, 6.07) is 13.8. The van der Waals surface area contributed by atoms with E-state index in [1.54, 1.807) is 6.20 Å². The third kappa shape index (κ3) is 2.95. The maximum atomic E-state index is 12.4. The van der Waals surface area contributed by atoms with E-state index in [0.29, 0.717) is 12.4 Å². The van der Waals surface area contributed by atoms with Crippen LogP contribution in [0.4, 0.5) is 5.82 Å². The summed E-state index contributed by atoms with van der Waals surface area (Å²) in [5.74, 6) is 0.485. The molecule has 2 unspecified atom stereocenters. The van der Waals surface area contributed by atoms with E-state index < -0.39 is 0 Å². The van der Waals surface area contributed by atoms with Crippen LogP contribution >= 0.6 is 0 Å². The van der Waals surface area contributed by atoms with E-state index in [1.165, 1.54) is 0 Å². The third-order valence-electron chi connectivity index (χ3n) is 3.85. The van der Waals surface area contributed by atoms with Crippen molar-refractivity contribution in [1.29, 1.82) is 0 Å². The first-order chi connectivity index (χ1) is 10.3. The average molecular weight is 282 g/mol. The molecule has 0 radical (unpaired) electrons. The zero-order chi connectivity index (χ0) is 14.7. The van der Waals surface area contributed by atoms with Crippen molar-refractivity contribution >= 4 is 11.7 Å². The molecular weight excluding hydrogens is 264 g/mol. The second-order valence-corrected chi connectivity index (χ2v) is 5.23. The lowest BCUT2D eigenvalue weighted by atomic mass is 10.0. The summed E-state index contributed by atoms with van der Waals surface area (Å²) in [5.41, 5.74) is 1.97. The van der Waals surface area contributed by atoms with Crippen LogP contribution in [0.5, 0.6) is 0 Å². The SMILES string of the molecule is CC1OCCC1C(=O)Nc1ncccc1-c1ccccc1. The molecule has 0 saturated carbocycles. The Morgan fingerprint density at radius 1 is 1.24 bits per heavy atom. The van der Waals surface area contributed by atoms with Gasteiger partial charge in [-0.2, -0.15) is 0 Å². The van der Waals surface area contributed by atoms with Gasteiger partial charge in [0, 0.05) is 18.4 Å². The van der Waals surface area contributed by atoms with Gasteiger partial charge in [-0.15, -0.1) is 0 Å². The molecule has 4 heteroatoms. The first kappa shape index (κ1) is 13.8. The summed E-state index contributed by atoms with van der Waals surface area (Å²) in [5, 5.41) is 2.95. The highest BCUT2D eigenvalue weighted by atomic mass is 16.5. The van der Waals surface area contributed by atoms with Crippen LogP contribution in [0, 0.1) is 5.92 Å². The Bertz CT molecular complexity index is 628. The number of carbonyl (C=O) groups is 1. The zero-order valence-corrected chi connectivity index (χ0v) is 12.0. The minimum atomic E-state index is -0.101. The first-order valence-electron chi connectivity index (χ1n) is 7.18. The van der Waals surface area contributed by atoms with Crippen LogP contribution < -0.4 is 5.32 Å². The minimum Gasteiger partial charge on any atom is -0.378 e. The first-order valence-corrected chi connectivity index (χ1v) is 7.18. The van der Waals surface area contributed by atoms with Crippen molar-refractivity contribution in [3.8, 4) is 11.1 Å². The van der Waals surface area contributed by atoms with Crippen LogP contribution in [0.3, 0.4) is 0 Å². The number of nitrogens with zero attached hydrogens (tertiary/aromatic N) is 1. The van der Waals surface area contributed by atoms with E-state index in [-0.39, 0.29) is 17.9 Å². The Morgan fingerprint density at radius 2 is 2.05 bits per heavy atom. The summed E-state index contributed by atoms with van der Waals surface area (Å²) in [4.78, 5) is 16.7. The molecule has 2 aromatic rings. The van der Waals surface area contributed by atoms with Gasteiger partial charge in [-0.05, 0) is 31.0 Å². The highest BCUT2D eigenvalue weighted by Crippen LogP contribution is 2.27. The van der Waals surface area contributed by atoms with Gasteiger partial charge in [-0.1, -0.05) is 30.3 Å². The smallest absolute Gasteiger partial charge is 0.231 e. The van der Waals surface area contributed by atoms with E-state index in [1.807, 2.05) is 49.4 Å². The van der Waals surface area contributed by atoms with Gasteiger partial charge in [-0.3, -0.25) is 4.79 Å². The largest absolute Gasteiger partial charge is 0.378 e. The number of hydrogen-bond donors (Lipinski definition) is 1. The molecular formula is C17H18N2O2. The molecule has 2 atom stereocenters. The second-order valence-electron chi connectivity index (χ2n) is 5.23. The molecule has 1 aromatic carbocycles. The maximum Gasteiger partial charge on any atom is 0.231 e. The van der Waals surface area contributed by atoms with Crippen molar-refractivity contribution in [2.45, 2.75) is 19.4 Å². The van der Waals surface area contributed by atoms with Crippen molar-refractivity contribution in [2.24, 2.45) is 5.92 Å². The van der Waals surface area contributed by atoms with Gasteiger partial charge in [0.1, 0.15) is 5.82 Å². The fraction of sp³-hybridized carbons (Fsp3) is 0.294. The predicted molar refractivity (Wildman–Crippen MR) is 81.8 cm³/mol. The average Bonchev–Trinajstić information content (AvgIpc) is 2.95. The number of hydrogen-bond acceptors (Lipinski definition) is 3. The van der Waals surface area contributed by atoms with Gasteiger partial charge in [0.25, 0.3) is 0 Å². The third-order valence-corrected chi connectivity index (χ3v) is 3.85. The van der Waals surface area contributed by atoms with E-state index in [9.17, 15) is 4.79 Å². The van der Waals surface area contributed by atoms with E-state index >= 15 is 0 Å². The van der Waals surface area contributed by atoms with E-state index in [0.717, 1.165) is 17.5 Å². The fourth-order valence-electron chi connectivity index (χ4n) is 2.64. The summed E-state index contributed by atoms with van der Waals surface area (Å²) >= 11 is 0.